The Morgan fingerprint density at radius 3 is 2.58 bits per heavy atom. The van der Waals surface area contributed by atoms with Gasteiger partial charge in [0.2, 0.25) is 0 Å². The predicted octanol–water partition coefficient (Wildman–Crippen LogP) is 3.07. The Hall–Kier alpha value is -3.28. The average molecular weight is 344 g/mol. The van der Waals surface area contributed by atoms with E-state index in [1.807, 2.05) is 66.3 Å². The second kappa shape index (κ2) is 6.22. The van der Waals surface area contributed by atoms with Crippen LogP contribution < -0.4 is 5.49 Å². The number of fused-ring (bicyclic) bond motifs is 1. The molecule has 0 aliphatic carbocycles. The Bertz CT molecular complexity index is 1150. The lowest BCUT2D eigenvalue weighted by molar-refractivity contribution is 0.705. The second-order valence-electron chi connectivity index (χ2n) is 6.42. The molecular weight excluding hydrogens is 324 g/mol. The summed E-state index contributed by atoms with van der Waals surface area (Å²) in [7, 11) is 0. The molecule has 0 spiro atoms. The molecule has 6 heteroatoms. The minimum Gasteiger partial charge on any atom is -0.311 e. The molecule has 4 aromatic rings. The van der Waals surface area contributed by atoms with E-state index >= 15 is 0 Å². The van der Waals surface area contributed by atoms with Gasteiger partial charge in [-0.25, -0.2) is 9.97 Å². The van der Waals surface area contributed by atoms with E-state index in [4.69, 9.17) is 5.41 Å². The number of aryl methyl sites for hydroxylation is 2. The summed E-state index contributed by atoms with van der Waals surface area (Å²) in [5.41, 5.74) is 5.16. The van der Waals surface area contributed by atoms with E-state index in [9.17, 15) is 0 Å². The van der Waals surface area contributed by atoms with E-state index in [2.05, 4.69) is 15.0 Å². The van der Waals surface area contributed by atoms with Gasteiger partial charge < -0.3 is 4.57 Å². The first kappa shape index (κ1) is 16.2. The number of aromatic nitrogens is 5. The maximum atomic E-state index is 8.71. The molecule has 0 saturated heterocycles. The maximum absolute atomic E-state index is 8.71. The van der Waals surface area contributed by atoms with Crippen LogP contribution in [0.1, 0.15) is 22.6 Å². The van der Waals surface area contributed by atoms with Crippen LogP contribution in [0.15, 0.2) is 48.9 Å². The van der Waals surface area contributed by atoms with Crippen molar-refractivity contribution in [2.45, 2.75) is 27.3 Å². The van der Waals surface area contributed by atoms with E-state index < -0.39 is 0 Å². The molecule has 4 rings (SSSR count). The number of hydrogen-bond donors (Lipinski definition) is 1. The summed E-state index contributed by atoms with van der Waals surface area (Å²) in [6.07, 6.45) is 3.48. The first-order chi connectivity index (χ1) is 12.6. The molecule has 0 bridgehead atoms. The number of nitrogens with zero attached hydrogens (tertiary/aromatic N) is 5. The first-order valence-corrected chi connectivity index (χ1v) is 8.52. The molecule has 0 atom stereocenters. The number of pyridine rings is 2. The van der Waals surface area contributed by atoms with Crippen LogP contribution in [-0.2, 0) is 6.54 Å². The highest BCUT2D eigenvalue weighted by Gasteiger charge is 2.17. The molecular formula is C20H20N6. The minimum absolute atomic E-state index is 0.438. The van der Waals surface area contributed by atoms with Gasteiger partial charge in [0, 0.05) is 17.6 Å². The van der Waals surface area contributed by atoms with Crippen LogP contribution in [0.3, 0.4) is 0 Å². The minimum atomic E-state index is 0.438. The van der Waals surface area contributed by atoms with Crippen LogP contribution >= 0.6 is 0 Å². The van der Waals surface area contributed by atoms with Crippen LogP contribution in [0.2, 0.25) is 0 Å². The molecule has 0 aliphatic rings. The summed E-state index contributed by atoms with van der Waals surface area (Å²) in [4.78, 5) is 13.6. The third kappa shape index (κ3) is 2.60. The average Bonchev–Trinajstić information content (AvgIpc) is 2.90. The Kier molecular flexibility index (Phi) is 3.88. The zero-order valence-electron chi connectivity index (χ0n) is 15.1. The van der Waals surface area contributed by atoms with Crippen molar-refractivity contribution in [3.05, 3.63) is 77.1 Å². The van der Waals surface area contributed by atoms with Crippen molar-refractivity contribution in [1.82, 2.24) is 24.1 Å². The fraction of sp³-hybridized carbons (Fsp3) is 0.200. The zero-order chi connectivity index (χ0) is 18.3. The molecule has 4 heterocycles. The third-order valence-electron chi connectivity index (χ3n) is 4.69. The third-order valence-corrected chi connectivity index (χ3v) is 4.69. The Labute approximate surface area is 151 Å². The van der Waals surface area contributed by atoms with Crippen LogP contribution in [0.5, 0.6) is 0 Å². The van der Waals surface area contributed by atoms with E-state index in [1.54, 1.807) is 12.5 Å². The standard InChI is InChI=1S/C20H20N6/c1-13-7-6-9-17(24-13)26-15(3)14(2)18-19(21)25(12-23-20(18)26)11-16-8-4-5-10-22-16/h4-10,12,21H,11H2,1-3H3. The normalized spacial score (nSPS) is 11.2. The summed E-state index contributed by atoms with van der Waals surface area (Å²) in [5.74, 6) is 0.829. The van der Waals surface area contributed by atoms with Gasteiger partial charge in [-0.05, 0) is 50.6 Å². The molecule has 0 aromatic carbocycles. The topological polar surface area (TPSA) is 72.4 Å². The molecule has 130 valence electrons. The molecule has 26 heavy (non-hydrogen) atoms. The highest BCUT2D eigenvalue weighted by atomic mass is 15.1. The Morgan fingerprint density at radius 2 is 1.85 bits per heavy atom. The molecule has 1 N–H and O–H groups in total. The monoisotopic (exact) mass is 344 g/mol. The Morgan fingerprint density at radius 1 is 1.00 bits per heavy atom. The van der Waals surface area contributed by atoms with Gasteiger partial charge in [-0.3, -0.25) is 15.0 Å². The van der Waals surface area contributed by atoms with Crippen molar-refractivity contribution in [3.63, 3.8) is 0 Å². The van der Waals surface area contributed by atoms with Gasteiger partial charge in [-0.2, -0.15) is 0 Å². The highest BCUT2D eigenvalue weighted by molar-refractivity contribution is 5.82. The van der Waals surface area contributed by atoms with Gasteiger partial charge in [0.25, 0.3) is 0 Å². The fourth-order valence-electron chi connectivity index (χ4n) is 3.24. The molecule has 0 amide bonds. The summed E-state index contributed by atoms with van der Waals surface area (Å²) in [6.45, 7) is 6.58. The maximum Gasteiger partial charge on any atom is 0.151 e. The van der Waals surface area contributed by atoms with Crippen molar-refractivity contribution in [2.24, 2.45) is 0 Å². The van der Waals surface area contributed by atoms with Crippen molar-refractivity contribution < 1.29 is 0 Å². The fourth-order valence-corrected chi connectivity index (χ4v) is 3.24. The molecule has 0 saturated carbocycles. The number of nitrogens with one attached hydrogen (secondary N) is 1. The lowest BCUT2D eigenvalue weighted by atomic mass is 10.2. The first-order valence-electron chi connectivity index (χ1n) is 8.52. The van der Waals surface area contributed by atoms with Crippen molar-refractivity contribution in [3.8, 4) is 5.82 Å². The summed E-state index contributed by atoms with van der Waals surface area (Å²) < 4.78 is 3.85. The highest BCUT2D eigenvalue weighted by Crippen LogP contribution is 2.24. The van der Waals surface area contributed by atoms with Crippen molar-refractivity contribution >= 4 is 11.0 Å². The van der Waals surface area contributed by atoms with E-state index in [1.165, 1.54) is 0 Å². The van der Waals surface area contributed by atoms with Gasteiger partial charge in [0.15, 0.2) is 5.65 Å². The Balaban J connectivity index is 1.91. The molecule has 0 fully saturated rings. The number of rotatable bonds is 3. The van der Waals surface area contributed by atoms with Gasteiger partial charge in [0.05, 0.1) is 24.0 Å². The molecule has 0 radical (unpaired) electrons. The van der Waals surface area contributed by atoms with Gasteiger partial charge >= 0.3 is 0 Å². The predicted molar refractivity (Wildman–Crippen MR) is 100 cm³/mol. The van der Waals surface area contributed by atoms with Gasteiger partial charge in [-0.15, -0.1) is 0 Å². The number of hydrogen-bond acceptors (Lipinski definition) is 4. The van der Waals surface area contributed by atoms with Crippen LogP contribution in [-0.4, -0.2) is 24.1 Å². The second-order valence-corrected chi connectivity index (χ2v) is 6.42. The van der Waals surface area contributed by atoms with Crippen LogP contribution in [0, 0.1) is 26.2 Å². The van der Waals surface area contributed by atoms with Crippen LogP contribution in [0.25, 0.3) is 16.9 Å². The van der Waals surface area contributed by atoms with Gasteiger partial charge in [-0.1, -0.05) is 12.1 Å². The van der Waals surface area contributed by atoms with Gasteiger partial charge in [0.1, 0.15) is 11.3 Å². The molecule has 6 nitrogen and oxygen atoms in total. The summed E-state index contributed by atoms with van der Waals surface area (Å²) in [6, 6.07) is 11.7. The van der Waals surface area contributed by atoms with Crippen LogP contribution in [0.4, 0.5) is 0 Å². The summed E-state index contributed by atoms with van der Waals surface area (Å²) >= 11 is 0. The largest absolute Gasteiger partial charge is 0.311 e. The SMILES string of the molecule is Cc1cccc(-n2c(C)c(C)c3c(=N)n(Cc4ccccn4)cnc32)n1. The lowest BCUT2D eigenvalue weighted by Crippen LogP contribution is -2.22. The molecule has 0 unspecified atom stereocenters. The quantitative estimate of drug-likeness (QED) is 0.621. The summed E-state index contributed by atoms with van der Waals surface area (Å²) in [5, 5.41) is 9.56. The zero-order valence-corrected chi connectivity index (χ0v) is 15.1. The van der Waals surface area contributed by atoms with E-state index in [-0.39, 0.29) is 0 Å². The van der Waals surface area contributed by atoms with E-state index in [0.717, 1.165) is 39.5 Å². The lowest BCUT2D eigenvalue weighted by Gasteiger charge is -2.09. The van der Waals surface area contributed by atoms with Crippen molar-refractivity contribution in [2.75, 3.05) is 0 Å². The van der Waals surface area contributed by atoms with Crippen molar-refractivity contribution in [1.29, 1.82) is 5.41 Å². The molecule has 0 aliphatic heterocycles. The smallest absolute Gasteiger partial charge is 0.151 e. The van der Waals surface area contributed by atoms with E-state index in [0.29, 0.717) is 12.0 Å². The molecule has 4 aromatic heterocycles.